The maximum atomic E-state index is 8.87. The maximum absolute atomic E-state index is 8.87. The van der Waals surface area contributed by atoms with Crippen LogP contribution in [-0.2, 0) is 19.4 Å². The molecular formula is C20H19N3O. The standard InChI is InChI=1S/C20H19N3O/c1-24-19-9-6-16(7-10-19)8-11-20-22-12-13-23(20)15-18-4-2-17(14-21)3-5-18/h2-7,9-10,12-13H,8,11,15H2,1H3. The molecule has 4 nitrogen and oxygen atoms in total. The molecule has 0 saturated carbocycles. The lowest BCUT2D eigenvalue weighted by Gasteiger charge is -2.09. The summed E-state index contributed by atoms with van der Waals surface area (Å²) in [6.07, 6.45) is 5.67. The van der Waals surface area contributed by atoms with E-state index in [1.54, 1.807) is 7.11 Å². The van der Waals surface area contributed by atoms with Crippen LogP contribution < -0.4 is 4.74 Å². The molecule has 0 saturated heterocycles. The quantitative estimate of drug-likeness (QED) is 0.698. The van der Waals surface area contributed by atoms with Crippen LogP contribution in [0.2, 0.25) is 0 Å². The first-order valence-electron chi connectivity index (χ1n) is 7.90. The van der Waals surface area contributed by atoms with E-state index in [1.165, 1.54) is 5.56 Å². The third-order valence-corrected chi connectivity index (χ3v) is 4.03. The van der Waals surface area contributed by atoms with Crippen LogP contribution in [0.25, 0.3) is 0 Å². The average molecular weight is 317 g/mol. The minimum absolute atomic E-state index is 0.684. The molecule has 0 unspecified atom stereocenters. The number of imidazole rings is 1. The van der Waals surface area contributed by atoms with Gasteiger partial charge in [-0.15, -0.1) is 0 Å². The van der Waals surface area contributed by atoms with Gasteiger partial charge in [-0.3, -0.25) is 0 Å². The topological polar surface area (TPSA) is 50.8 Å². The lowest BCUT2D eigenvalue weighted by atomic mass is 10.1. The molecule has 0 aliphatic rings. The molecule has 4 heteroatoms. The van der Waals surface area contributed by atoms with Gasteiger partial charge >= 0.3 is 0 Å². The summed E-state index contributed by atoms with van der Waals surface area (Å²) < 4.78 is 7.34. The Labute approximate surface area is 142 Å². The van der Waals surface area contributed by atoms with Crippen LogP contribution in [0.4, 0.5) is 0 Å². The van der Waals surface area contributed by atoms with Crippen LogP contribution in [0.5, 0.6) is 5.75 Å². The Kier molecular flexibility index (Phi) is 4.93. The largest absolute Gasteiger partial charge is 0.497 e. The second-order valence-corrected chi connectivity index (χ2v) is 5.63. The van der Waals surface area contributed by atoms with E-state index in [-0.39, 0.29) is 0 Å². The van der Waals surface area contributed by atoms with E-state index < -0.39 is 0 Å². The highest BCUT2D eigenvalue weighted by Gasteiger charge is 2.05. The normalized spacial score (nSPS) is 10.3. The number of nitriles is 1. The summed E-state index contributed by atoms with van der Waals surface area (Å²) in [5.74, 6) is 1.94. The van der Waals surface area contributed by atoms with Crippen molar-refractivity contribution in [3.05, 3.63) is 83.4 Å². The summed E-state index contributed by atoms with van der Waals surface area (Å²) >= 11 is 0. The van der Waals surface area contributed by atoms with Crippen molar-refractivity contribution < 1.29 is 4.74 Å². The summed E-state index contributed by atoms with van der Waals surface area (Å²) in [6, 6.07) is 18.0. The van der Waals surface area contributed by atoms with Gasteiger partial charge in [0.15, 0.2) is 0 Å². The van der Waals surface area contributed by atoms with Gasteiger partial charge in [0.1, 0.15) is 11.6 Å². The smallest absolute Gasteiger partial charge is 0.118 e. The summed E-state index contributed by atoms with van der Waals surface area (Å²) in [5, 5.41) is 8.87. The number of rotatable bonds is 6. The van der Waals surface area contributed by atoms with E-state index in [0.29, 0.717) is 5.56 Å². The van der Waals surface area contributed by atoms with E-state index in [1.807, 2.05) is 48.8 Å². The molecule has 1 aromatic heterocycles. The van der Waals surface area contributed by atoms with Crippen molar-refractivity contribution in [1.29, 1.82) is 5.26 Å². The average Bonchev–Trinajstić information content (AvgIpc) is 3.08. The van der Waals surface area contributed by atoms with Crippen LogP contribution in [0.1, 0.15) is 22.5 Å². The lowest BCUT2D eigenvalue weighted by Crippen LogP contribution is -2.06. The number of benzene rings is 2. The van der Waals surface area contributed by atoms with Crippen molar-refractivity contribution >= 4 is 0 Å². The monoisotopic (exact) mass is 317 g/mol. The van der Waals surface area contributed by atoms with Crippen LogP contribution in [0, 0.1) is 11.3 Å². The number of ether oxygens (including phenoxy) is 1. The Morgan fingerprint density at radius 2 is 1.71 bits per heavy atom. The Balaban J connectivity index is 1.64. The zero-order chi connectivity index (χ0) is 16.8. The molecule has 2 aromatic carbocycles. The second kappa shape index (κ2) is 7.47. The highest BCUT2D eigenvalue weighted by atomic mass is 16.5. The second-order valence-electron chi connectivity index (χ2n) is 5.63. The number of methoxy groups -OCH3 is 1. The van der Waals surface area contributed by atoms with Crippen LogP contribution in [0.3, 0.4) is 0 Å². The minimum Gasteiger partial charge on any atom is -0.497 e. The van der Waals surface area contributed by atoms with Crippen LogP contribution in [0.15, 0.2) is 60.9 Å². The van der Waals surface area contributed by atoms with Gasteiger partial charge in [-0.2, -0.15) is 5.26 Å². The van der Waals surface area contributed by atoms with Crippen molar-refractivity contribution in [2.75, 3.05) is 7.11 Å². The summed E-state index contributed by atoms with van der Waals surface area (Å²) in [6.45, 7) is 0.768. The first-order chi connectivity index (χ1) is 11.8. The third-order valence-electron chi connectivity index (χ3n) is 4.03. The van der Waals surface area contributed by atoms with Gasteiger partial charge in [0.05, 0.1) is 18.7 Å². The molecule has 120 valence electrons. The summed E-state index contributed by atoms with van der Waals surface area (Å²) in [5.41, 5.74) is 3.12. The van der Waals surface area contributed by atoms with Gasteiger partial charge in [0.2, 0.25) is 0 Å². The number of nitrogens with zero attached hydrogens (tertiary/aromatic N) is 3. The van der Waals surface area contributed by atoms with Gasteiger partial charge < -0.3 is 9.30 Å². The fourth-order valence-corrected chi connectivity index (χ4v) is 2.64. The predicted octanol–water partition coefficient (Wildman–Crippen LogP) is 3.60. The molecular weight excluding hydrogens is 298 g/mol. The molecule has 0 atom stereocenters. The molecule has 0 bridgehead atoms. The number of aryl methyl sites for hydroxylation is 2. The van der Waals surface area contributed by atoms with Crippen LogP contribution >= 0.6 is 0 Å². The molecule has 0 fully saturated rings. The molecule has 0 aliphatic carbocycles. The lowest BCUT2D eigenvalue weighted by molar-refractivity contribution is 0.414. The van der Waals surface area contributed by atoms with Crippen LogP contribution in [-0.4, -0.2) is 16.7 Å². The highest BCUT2D eigenvalue weighted by Crippen LogP contribution is 2.14. The molecule has 0 amide bonds. The number of hydrogen-bond acceptors (Lipinski definition) is 3. The summed E-state index contributed by atoms with van der Waals surface area (Å²) in [4.78, 5) is 4.48. The molecule has 1 heterocycles. The fourth-order valence-electron chi connectivity index (χ4n) is 2.64. The molecule has 24 heavy (non-hydrogen) atoms. The van der Waals surface area contributed by atoms with Gasteiger partial charge in [0.25, 0.3) is 0 Å². The van der Waals surface area contributed by atoms with E-state index in [9.17, 15) is 0 Å². The van der Waals surface area contributed by atoms with Gasteiger partial charge in [0, 0.05) is 25.4 Å². The van der Waals surface area contributed by atoms with Gasteiger partial charge in [-0.25, -0.2) is 4.98 Å². The van der Waals surface area contributed by atoms with E-state index >= 15 is 0 Å². The van der Waals surface area contributed by atoms with Crippen molar-refractivity contribution in [1.82, 2.24) is 9.55 Å². The molecule has 3 rings (SSSR count). The molecule has 0 aliphatic heterocycles. The molecule has 3 aromatic rings. The predicted molar refractivity (Wildman–Crippen MR) is 92.9 cm³/mol. The van der Waals surface area contributed by atoms with Crippen molar-refractivity contribution in [3.63, 3.8) is 0 Å². The first-order valence-corrected chi connectivity index (χ1v) is 7.90. The SMILES string of the molecule is COc1ccc(CCc2nccn2Cc2ccc(C#N)cc2)cc1. The fraction of sp³-hybridized carbons (Fsp3) is 0.200. The molecule has 0 N–H and O–H groups in total. The Morgan fingerprint density at radius 3 is 2.38 bits per heavy atom. The zero-order valence-electron chi connectivity index (χ0n) is 13.6. The maximum Gasteiger partial charge on any atom is 0.118 e. The Morgan fingerprint density at radius 1 is 1.00 bits per heavy atom. The number of aromatic nitrogens is 2. The third kappa shape index (κ3) is 3.82. The van der Waals surface area contributed by atoms with E-state index in [4.69, 9.17) is 10.00 Å². The number of hydrogen-bond donors (Lipinski definition) is 0. The van der Waals surface area contributed by atoms with Crippen molar-refractivity contribution in [3.8, 4) is 11.8 Å². The zero-order valence-corrected chi connectivity index (χ0v) is 13.6. The Hall–Kier alpha value is -3.06. The molecule has 0 spiro atoms. The highest BCUT2D eigenvalue weighted by molar-refractivity contribution is 5.32. The van der Waals surface area contributed by atoms with Gasteiger partial charge in [-0.05, 0) is 41.8 Å². The van der Waals surface area contributed by atoms with Crippen molar-refractivity contribution in [2.45, 2.75) is 19.4 Å². The van der Waals surface area contributed by atoms with Crippen molar-refractivity contribution in [2.24, 2.45) is 0 Å². The molecule has 0 radical (unpaired) electrons. The van der Waals surface area contributed by atoms with E-state index in [2.05, 4.69) is 27.8 Å². The minimum atomic E-state index is 0.684. The summed E-state index contributed by atoms with van der Waals surface area (Å²) in [7, 11) is 1.68. The Bertz CT molecular complexity index is 827. The first kappa shape index (κ1) is 15.8. The van der Waals surface area contributed by atoms with E-state index in [0.717, 1.165) is 36.5 Å². The van der Waals surface area contributed by atoms with Gasteiger partial charge in [-0.1, -0.05) is 24.3 Å².